The largest absolute Gasteiger partial charge is 0.347 e. The molecule has 3 N–H and O–H groups in total. The molecule has 0 aliphatic carbocycles. The Bertz CT molecular complexity index is 707. The number of nitrogens with two attached hydrogens (primary N) is 1. The number of hydrogen-bond acceptors (Lipinski definition) is 3. The van der Waals surface area contributed by atoms with Crippen LogP contribution in [0.2, 0.25) is 0 Å². The van der Waals surface area contributed by atoms with Crippen LogP contribution in [0.4, 0.5) is 0 Å². The van der Waals surface area contributed by atoms with E-state index in [-0.39, 0.29) is 12.5 Å². The Balaban J connectivity index is 2.18. The minimum absolute atomic E-state index is 0.104. The molecule has 0 unspecified atom stereocenters. The predicted molar refractivity (Wildman–Crippen MR) is 87.3 cm³/mol. The molecule has 1 heterocycles. The Morgan fingerprint density at radius 2 is 2.14 bits per heavy atom. The van der Waals surface area contributed by atoms with Crippen LogP contribution < -0.4 is 11.1 Å². The van der Waals surface area contributed by atoms with Crippen molar-refractivity contribution in [1.29, 1.82) is 0 Å². The van der Waals surface area contributed by atoms with Crippen molar-refractivity contribution in [3.05, 3.63) is 56.8 Å². The molecule has 1 amide bonds. The molecule has 3 nitrogen and oxygen atoms in total. The molecule has 0 atom stereocenters. The van der Waals surface area contributed by atoms with Gasteiger partial charge in [-0.2, -0.15) is 0 Å². The molecule has 0 radical (unpaired) electrons. The summed E-state index contributed by atoms with van der Waals surface area (Å²) in [6, 6.07) is 7.72. The van der Waals surface area contributed by atoms with E-state index in [2.05, 4.69) is 23.2 Å². The molecule has 108 valence electrons. The lowest BCUT2D eigenvalue weighted by molar-refractivity contribution is 0.0951. The van der Waals surface area contributed by atoms with Gasteiger partial charge in [-0.3, -0.25) is 4.79 Å². The summed E-state index contributed by atoms with van der Waals surface area (Å²) in [5.74, 6) is 5.65. The summed E-state index contributed by atoms with van der Waals surface area (Å²) in [5.41, 5.74) is 8.95. The van der Waals surface area contributed by atoms with Gasteiger partial charge < -0.3 is 11.1 Å². The second-order valence-electron chi connectivity index (χ2n) is 4.76. The van der Waals surface area contributed by atoms with Gasteiger partial charge in [0.15, 0.2) is 0 Å². The molecular formula is C17H18N2OS. The number of carbonyl (C=O) groups is 1. The summed E-state index contributed by atoms with van der Waals surface area (Å²) in [6.45, 7) is 4.83. The van der Waals surface area contributed by atoms with Crippen molar-refractivity contribution < 1.29 is 4.79 Å². The van der Waals surface area contributed by atoms with Crippen molar-refractivity contribution in [2.45, 2.75) is 20.4 Å². The van der Waals surface area contributed by atoms with Gasteiger partial charge in [0, 0.05) is 10.4 Å². The van der Waals surface area contributed by atoms with Crippen molar-refractivity contribution in [1.82, 2.24) is 5.32 Å². The smallest absolute Gasteiger partial charge is 0.252 e. The zero-order valence-corrected chi connectivity index (χ0v) is 13.0. The van der Waals surface area contributed by atoms with Gasteiger partial charge >= 0.3 is 0 Å². The van der Waals surface area contributed by atoms with Crippen molar-refractivity contribution in [2.24, 2.45) is 5.73 Å². The second kappa shape index (κ2) is 7.07. The quantitative estimate of drug-likeness (QED) is 0.856. The molecule has 21 heavy (non-hydrogen) atoms. The molecule has 0 aliphatic heterocycles. The minimum atomic E-state index is -0.104. The fourth-order valence-electron chi connectivity index (χ4n) is 1.94. The third-order valence-electron chi connectivity index (χ3n) is 3.12. The van der Waals surface area contributed by atoms with E-state index in [1.165, 1.54) is 10.4 Å². The summed E-state index contributed by atoms with van der Waals surface area (Å²) >= 11 is 1.65. The molecule has 0 bridgehead atoms. The number of nitrogens with one attached hydrogen (secondary N) is 1. The van der Waals surface area contributed by atoms with Crippen molar-refractivity contribution in [3.63, 3.8) is 0 Å². The van der Waals surface area contributed by atoms with Gasteiger partial charge in [0.25, 0.3) is 5.91 Å². The first-order chi connectivity index (χ1) is 10.1. The highest BCUT2D eigenvalue weighted by Crippen LogP contribution is 2.16. The Kier molecular flexibility index (Phi) is 5.15. The van der Waals surface area contributed by atoms with E-state index in [0.29, 0.717) is 17.7 Å². The number of aryl methyl sites for hydroxylation is 2. The molecule has 0 saturated carbocycles. The van der Waals surface area contributed by atoms with Crippen LogP contribution in [0.25, 0.3) is 0 Å². The Morgan fingerprint density at radius 3 is 2.81 bits per heavy atom. The van der Waals surface area contributed by atoms with Crippen LogP contribution in [0.3, 0.4) is 0 Å². The minimum Gasteiger partial charge on any atom is -0.347 e. The van der Waals surface area contributed by atoms with Crippen LogP contribution in [0.15, 0.2) is 29.6 Å². The topological polar surface area (TPSA) is 55.1 Å². The SMILES string of the molecule is Cc1ccc(C#CCN)c(C(=O)NCc2sccc2C)c1. The average molecular weight is 298 g/mol. The molecule has 0 aliphatic rings. The van der Waals surface area contributed by atoms with Crippen molar-refractivity contribution in [2.75, 3.05) is 6.54 Å². The van der Waals surface area contributed by atoms with Crippen LogP contribution in [0.1, 0.15) is 31.9 Å². The molecular weight excluding hydrogens is 280 g/mol. The van der Waals surface area contributed by atoms with Gasteiger partial charge in [0.05, 0.1) is 18.7 Å². The van der Waals surface area contributed by atoms with Gasteiger partial charge in [-0.1, -0.05) is 23.5 Å². The first-order valence-corrected chi connectivity index (χ1v) is 7.60. The van der Waals surface area contributed by atoms with E-state index in [1.807, 2.05) is 37.4 Å². The number of benzene rings is 1. The number of amides is 1. The summed E-state index contributed by atoms with van der Waals surface area (Å²) < 4.78 is 0. The van der Waals surface area contributed by atoms with Crippen molar-refractivity contribution >= 4 is 17.2 Å². The summed E-state index contributed by atoms with van der Waals surface area (Å²) in [5, 5.41) is 4.99. The zero-order chi connectivity index (χ0) is 15.2. The highest BCUT2D eigenvalue weighted by molar-refractivity contribution is 7.10. The van der Waals surface area contributed by atoms with Crippen LogP contribution in [0.5, 0.6) is 0 Å². The van der Waals surface area contributed by atoms with Gasteiger partial charge in [0.2, 0.25) is 0 Å². The Labute approximate surface area is 129 Å². The van der Waals surface area contributed by atoms with E-state index in [9.17, 15) is 4.79 Å². The number of carbonyl (C=O) groups excluding carboxylic acids is 1. The van der Waals surface area contributed by atoms with Crippen LogP contribution in [-0.4, -0.2) is 12.5 Å². The molecule has 2 aromatic rings. The van der Waals surface area contributed by atoms with Gasteiger partial charge in [-0.25, -0.2) is 0 Å². The first-order valence-electron chi connectivity index (χ1n) is 6.72. The van der Waals surface area contributed by atoms with Gasteiger partial charge in [-0.05, 0) is 43.0 Å². The summed E-state index contributed by atoms with van der Waals surface area (Å²) in [4.78, 5) is 13.6. The van der Waals surface area contributed by atoms with Gasteiger partial charge in [-0.15, -0.1) is 11.3 Å². The molecule has 2 rings (SSSR count). The van der Waals surface area contributed by atoms with Crippen LogP contribution in [-0.2, 0) is 6.54 Å². The van der Waals surface area contributed by atoms with E-state index in [4.69, 9.17) is 5.73 Å². The standard InChI is InChI=1S/C17H18N2OS/c1-12-5-6-14(4-3-8-18)15(10-12)17(20)19-11-16-13(2)7-9-21-16/h5-7,9-10H,8,11,18H2,1-2H3,(H,19,20). The third kappa shape index (κ3) is 3.94. The summed E-state index contributed by atoms with van der Waals surface area (Å²) in [6.07, 6.45) is 0. The average Bonchev–Trinajstić information content (AvgIpc) is 2.88. The molecule has 4 heteroatoms. The highest BCUT2D eigenvalue weighted by Gasteiger charge is 2.11. The maximum Gasteiger partial charge on any atom is 0.252 e. The van der Waals surface area contributed by atoms with E-state index < -0.39 is 0 Å². The molecule has 1 aromatic heterocycles. The third-order valence-corrected chi connectivity index (χ3v) is 4.15. The lowest BCUT2D eigenvalue weighted by Gasteiger charge is -2.08. The molecule has 0 saturated heterocycles. The maximum absolute atomic E-state index is 12.4. The number of hydrogen-bond donors (Lipinski definition) is 2. The lowest BCUT2D eigenvalue weighted by Crippen LogP contribution is -2.23. The predicted octanol–water partition coefficient (Wildman–Crippen LogP) is 2.61. The Morgan fingerprint density at radius 1 is 1.33 bits per heavy atom. The molecule has 1 aromatic carbocycles. The van der Waals surface area contributed by atoms with E-state index in [1.54, 1.807) is 11.3 Å². The Hall–Kier alpha value is -2.09. The van der Waals surface area contributed by atoms with Crippen LogP contribution >= 0.6 is 11.3 Å². The highest BCUT2D eigenvalue weighted by atomic mass is 32.1. The van der Waals surface area contributed by atoms with Crippen LogP contribution in [0, 0.1) is 25.7 Å². The second-order valence-corrected chi connectivity index (χ2v) is 5.77. The fourth-order valence-corrected chi connectivity index (χ4v) is 2.79. The normalized spacial score (nSPS) is 9.86. The number of rotatable bonds is 3. The fraction of sp³-hybridized carbons (Fsp3) is 0.235. The lowest BCUT2D eigenvalue weighted by atomic mass is 10.0. The maximum atomic E-state index is 12.4. The van der Waals surface area contributed by atoms with Crippen molar-refractivity contribution in [3.8, 4) is 11.8 Å². The molecule has 0 spiro atoms. The number of thiophene rings is 1. The van der Waals surface area contributed by atoms with Gasteiger partial charge in [0.1, 0.15) is 0 Å². The van der Waals surface area contributed by atoms with E-state index in [0.717, 1.165) is 5.56 Å². The van der Waals surface area contributed by atoms with E-state index >= 15 is 0 Å². The molecule has 0 fully saturated rings. The first kappa shape index (κ1) is 15.3. The summed E-state index contributed by atoms with van der Waals surface area (Å²) in [7, 11) is 0. The zero-order valence-electron chi connectivity index (χ0n) is 12.2. The monoisotopic (exact) mass is 298 g/mol.